The molecule has 12 fully saturated rings. The lowest BCUT2D eigenvalue weighted by atomic mass is 9.59. The van der Waals surface area contributed by atoms with Gasteiger partial charge < -0.3 is 29.9 Å². The summed E-state index contributed by atoms with van der Waals surface area (Å²) in [6.45, 7) is 15.5. The maximum atomic E-state index is 13.2. The number of anilines is 4. The molecule has 3 aliphatic heterocycles. The molecule has 0 unspecified atom stereocenters. The first kappa shape index (κ1) is 80.6. The van der Waals surface area contributed by atoms with Crippen LogP contribution in [-0.4, -0.2) is 183 Å². The summed E-state index contributed by atoms with van der Waals surface area (Å²) in [5.41, 5.74) is 12.6. The lowest BCUT2D eigenvalue weighted by Crippen LogP contribution is -2.60. The Morgan fingerprint density at radius 2 is 0.636 bits per heavy atom. The second-order valence-corrected chi connectivity index (χ2v) is 38.0. The van der Waals surface area contributed by atoms with Crippen LogP contribution in [0, 0.1) is 45.3 Å². The van der Waals surface area contributed by atoms with Gasteiger partial charge in [-0.05, 0) is 211 Å². The summed E-state index contributed by atoms with van der Waals surface area (Å²) in [6, 6.07) is 23.1. The van der Waals surface area contributed by atoms with Crippen LogP contribution < -0.4 is 21.7 Å². The number of halogens is 8. The minimum absolute atomic E-state index is 0.00122. The number of nitrogen functional groups attached to an aromatic ring is 1. The Kier molecular flexibility index (Phi) is 20.0. The van der Waals surface area contributed by atoms with Gasteiger partial charge in [0.25, 0.3) is 23.7 Å². The average molecular weight is 1640 g/mol. The molecule has 9 saturated carbocycles. The predicted molar refractivity (Wildman–Crippen MR) is 415 cm³/mol. The van der Waals surface area contributed by atoms with Crippen molar-refractivity contribution in [3.63, 3.8) is 0 Å². The molecule has 8 aromatic heterocycles. The van der Waals surface area contributed by atoms with Crippen molar-refractivity contribution in [3.05, 3.63) is 95.6 Å². The molecule has 4 atom stereocenters. The summed E-state index contributed by atoms with van der Waals surface area (Å²) in [5, 5.41) is 24.7. The second kappa shape index (κ2) is 29.2. The molecule has 20 rings (SSSR count). The van der Waals surface area contributed by atoms with Gasteiger partial charge >= 0.3 is 12.2 Å². The topological polar surface area (TPSA) is 313 Å². The lowest BCUT2D eigenvalue weighted by Gasteiger charge is -2.53. The van der Waals surface area contributed by atoms with E-state index < -0.39 is 95.0 Å². The van der Waals surface area contributed by atoms with Crippen LogP contribution in [0.5, 0.6) is 0 Å². The number of pyridine rings is 4. The van der Waals surface area contributed by atoms with Gasteiger partial charge in [-0.2, -0.15) is 19.9 Å². The molecule has 0 bridgehead atoms. The van der Waals surface area contributed by atoms with Gasteiger partial charge in [0.2, 0.25) is 47.4 Å². The van der Waals surface area contributed by atoms with Crippen LogP contribution in [0.4, 0.5) is 68.5 Å². The summed E-state index contributed by atoms with van der Waals surface area (Å²) in [4.78, 5) is 94.8. The maximum Gasteiger partial charge on any atom is 0.410 e. The van der Waals surface area contributed by atoms with Gasteiger partial charge in [-0.15, -0.1) is 20.4 Å². The van der Waals surface area contributed by atoms with Crippen molar-refractivity contribution in [3.8, 4) is 0 Å². The number of nitrogens with one attached hydrogen (secondary N) is 3. The fourth-order valence-electron chi connectivity index (χ4n) is 19.5. The molecule has 0 radical (unpaired) electrons. The van der Waals surface area contributed by atoms with Gasteiger partial charge in [-0.1, -0.05) is 30.7 Å². The smallest absolute Gasteiger partial charge is 0.410 e. The highest BCUT2D eigenvalue weighted by atomic mass is 19.3. The first-order valence-corrected chi connectivity index (χ1v) is 41.6. The zero-order valence-electron chi connectivity index (χ0n) is 67.1. The molecule has 0 aromatic carbocycles. The van der Waals surface area contributed by atoms with Crippen LogP contribution in [0.15, 0.2) is 72.8 Å². The minimum atomic E-state index is -2.95. The van der Waals surface area contributed by atoms with Crippen molar-refractivity contribution >= 4 is 82.2 Å². The highest BCUT2D eigenvalue weighted by Crippen LogP contribution is 2.58. The quantitative estimate of drug-likeness (QED) is 0.0874. The van der Waals surface area contributed by atoms with Crippen LogP contribution in [-0.2, 0) is 28.7 Å². The van der Waals surface area contributed by atoms with Gasteiger partial charge in [0.05, 0.1) is 0 Å². The fourth-order valence-corrected chi connectivity index (χ4v) is 19.5. The largest absolute Gasteiger partial charge is 0.444 e. The molecule has 3 saturated heterocycles. The number of hydrogen-bond acceptors (Lipinski definition) is 17. The van der Waals surface area contributed by atoms with Gasteiger partial charge in [0, 0.05) is 128 Å². The summed E-state index contributed by atoms with van der Waals surface area (Å²) >= 11 is 0. The molecule has 6 amide bonds. The van der Waals surface area contributed by atoms with Gasteiger partial charge in [-0.3, -0.25) is 35.1 Å². The number of nitrogens with zero attached hydrogens (tertiary/aromatic N) is 15. The molecule has 35 heteroatoms. The number of alkyl halides is 8. The van der Waals surface area contributed by atoms with Crippen LogP contribution in [0.25, 0.3) is 22.6 Å². The van der Waals surface area contributed by atoms with E-state index in [0.29, 0.717) is 53.2 Å². The SMILES string of the molecule is CC(C)(C)OC(=O)N1CC2(CCC(c3cccc4nc(N)nn34)CC2)C1.CC(C)(C)OC(=O)N1CC2(CCC(c3cccc4nc(NC(=O)[C@@H]5CC5(F)F)nn34)CC2)C1.O=C(Nc1nc2cccc(C3CCC4(CC3)CN(C(=O)[C@@H]3CC3(F)F)C4)n2n1)[C@@H]1CC1(F)F.O=C(Nc1nc2cccc(C3CCC4(CCC4)CC3)n2n1)[C@@H]1CC1(F)F. The summed E-state index contributed by atoms with van der Waals surface area (Å²) < 4.78 is 123. The monoisotopic (exact) mass is 1640 g/mol. The molecular formula is C83H101F8N19O8. The fraction of sp³-hybridized carbons (Fsp3) is 0.639. The third-order valence-electron chi connectivity index (χ3n) is 26.9. The molecule has 9 aliphatic carbocycles. The van der Waals surface area contributed by atoms with Crippen molar-refractivity contribution in [2.45, 2.75) is 248 Å². The maximum absolute atomic E-state index is 13.2. The van der Waals surface area contributed by atoms with Gasteiger partial charge in [0.15, 0.2) is 22.6 Å². The number of likely N-dealkylation sites (tertiary alicyclic amines) is 3. The number of rotatable bonds is 11. The zero-order chi connectivity index (χ0) is 83.2. The van der Waals surface area contributed by atoms with Gasteiger partial charge in [0.1, 0.15) is 34.9 Å². The van der Waals surface area contributed by atoms with E-state index in [0.717, 1.165) is 139 Å². The molecule has 27 nitrogen and oxygen atoms in total. The van der Waals surface area contributed by atoms with Gasteiger partial charge in [-0.25, -0.2) is 62.8 Å². The number of carbonyl (C=O) groups excluding carboxylic acids is 6. The van der Waals surface area contributed by atoms with Crippen LogP contribution in [0.3, 0.4) is 0 Å². The summed E-state index contributed by atoms with van der Waals surface area (Å²) in [6.07, 6.45) is 18.7. The standard InChI is InChI=1S/C23H29F2N5O3.C22H23F4N5O2.C19H22F2N4O.C19H27N5O2/c1-21(2,3)33-20(32)29-12-22(13-29)9-7-14(8-10-22)16-5-4-6-17-26-19(28-30(16)17)27-18(31)15-11-23(15,24)25;23-21(24)8-13(21)17(32)28-19-27-16-3-1-2-15(31(16)29-19)12-4-6-20(7-5-12)10-30(11-20)18(33)14-9-22(14,25)26;20-19(21)11-13(19)16(26)23-17-22-15-4-1-3-14(25(15)24-17)12-5-9-18(10-6-12)7-2-8-18;1-18(2,3)26-17(25)23-11-19(12-23)9-7-13(8-10-19)14-5-4-6-15-21-16(20)22-24(14)15/h4-6,14-15H,7-13H2,1-3H3,(H,27,28,31);1-3,12-14H,4-11H2,(H,28,29,32);1,3-4,12-13H,2,5-11H2,(H,23,24,26);4-6,13H,7-12H2,1-3H3,(H2,20,22)/t15-;13-,14-;13-;/m000./s1. The molecule has 12 aliphatic rings. The molecule has 632 valence electrons. The lowest BCUT2D eigenvalue weighted by molar-refractivity contribution is -0.149. The Hall–Kier alpha value is -9.86. The summed E-state index contributed by atoms with van der Waals surface area (Å²) in [5.74, 6) is -17.4. The number of ether oxygens (including phenoxy) is 2. The van der Waals surface area contributed by atoms with Crippen LogP contribution >= 0.6 is 0 Å². The molecule has 4 spiro atoms. The van der Waals surface area contributed by atoms with Crippen molar-refractivity contribution in [2.24, 2.45) is 45.3 Å². The number of carbonyl (C=O) groups is 6. The van der Waals surface area contributed by atoms with E-state index in [2.05, 4.69) is 68.4 Å². The molecule has 5 N–H and O–H groups in total. The highest BCUT2D eigenvalue weighted by Gasteiger charge is 2.66. The molecule has 11 heterocycles. The van der Waals surface area contributed by atoms with Crippen molar-refractivity contribution in [1.82, 2.24) is 73.1 Å². The van der Waals surface area contributed by atoms with E-state index in [9.17, 15) is 63.9 Å². The summed E-state index contributed by atoms with van der Waals surface area (Å²) in [7, 11) is 0. The average Bonchev–Trinajstić information content (AvgIpc) is 1.79. The normalized spacial score (nSPS) is 26.1. The van der Waals surface area contributed by atoms with Crippen molar-refractivity contribution in [1.29, 1.82) is 0 Å². The zero-order valence-corrected chi connectivity index (χ0v) is 67.1. The second-order valence-electron chi connectivity index (χ2n) is 38.0. The number of amides is 6. The van der Waals surface area contributed by atoms with E-state index in [1.54, 1.807) is 35.5 Å². The Labute approximate surface area is 675 Å². The van der Waals surface area contributed by atoms with E-state index in [-0.39, 0.29) is 71.0 Å². The van der Waals surface area contributed by atoms with Crippen LogP contribution in [0.1, 0.15) is 236 Å². The minimum Gasteiger partial charge on any atom is -0.444 e. The van der Waals surface area contributed by atoms with E-state index in [4.69, 9.17) is 15.2 Å². The molecular weight excluding hydrogens is 1540 g/mol. The number of fused-ring (bicyclic) bond motifs is 4. The Balaban J connectivity index is 0.000000113. The molecule has 118 heavy (non-hydrogen) atoms. The predicted octanol–water partition coefficient (Wildman–Crippen LogP) is 15.0. The number of hydrogen-bond donors (Lipinski definition) is 4. The number of aromatic nitrogens is 12. The Bertz CT molecular complexity index is 5200. The third kappa shape index (κ3) is 16.6. The van der Waals surface area contributed by atoms with Crippen molar-refractivity contribution < 1.29 is 73.4 Å². The first-order chi connectivity index (χ1) is 55.7. The third-order valence-corrected chi connectivity index (χ3v) is 26.9. The Morgan fingerprint density at radius 1 is 0.373 bits per heavy atom. The number of nitrogens with two attached hydrogens (primary N) is 1. The first-order valence-electron chi connectivity index (χ1n) is 41.6. The molecule has 8 aromatic rings. The highest BCUT2D eigenvalue weighted by molar-refractivity contribution is 5.95. The van der Waals surface area contributed by atoms with E-state index in [1.165, 1.54) is 37.8 Å². The van der Waals surface area contributed by atoms with Crippen LogP contribution in [0.2, 0.25) is 0 Å². The van der Waals surface area contributed by atoms with E-state index in [1.807, 2.05) is 99.5 Å². The van der Waals surface area contributed by atoms with E-state index >= 15 is 0 Å². The Morgan fingerprint density at radius 3 is 0.898 bits per heavy atom. The van der Waals surface area contributed by atoms with Crippen molar-refractivity contribution in [2.75, 3.05) is 61.0 Å².